The highest BCUT2D eigenvalue weighted by molar-refractivity contribution is 5.74. The molecule has 2 amide bonds. The number of amides is 2. The largest absolute Gasteiger partial charge is 0.480 e. The van der Waals surface area contributed by atoms with Crippen LogP contribution in [-0.2, 0) is 10.2 Å². The molecule has 9 heteroatoms. The van der Waals surface area contributed by atoms with E-state index in [0.717, 1.165) is 12.8 Å². The number of carbonyl (C=O) groups excluding carboxylic acids is 1. The standard InChI is InChI=1S/C17H29N5O4/c1-6-22(9-13(23)24)12-7-11(8-12)19-16(25)18-10(2)14-20-15(21-26-14)17(3,4)5/h10-12H,6-9H2,1-5H3,(H,23,24)(H2,18,19,25). The monoisotopic (exact) mass is 367 g/mol. The summed E-state index contributed by atoms with van der Waals surface area (Å²) in [5, 5.41) is 18.6. The average molecular weight is 367 g/mol. The smallest absolute Gasteiger partial charge is 0.317 e. The lowest BCUT2D eigenvalue weighted by molar-refractivity contribution is -0.139. The van der Waals surface area contributed by atoms with Crippen LogP contribution in [0.2, 0.25) is 0 Å². The van der Waals surface area contributed by atoms with Gasteiger partial charge in [-0.15, -0.1) is 0 Å². The topological polar surface area (TPSA) is 121 Å². The third-order valence-corrected chi connectivity index (χ3v) is 4.54. The maximum atomic E-state index is 12.1. The fourth-order valence-corrected chi connectivity index (χ4v) is 2.88. The number of nitrogens with zero attached hydrogens (tertiary/aromatic N) is 3. The molecule has 0 radical (unpaired) electrons. The third-order valence-electron chi connectivity index (χ3n) is 4.54. The highest BCUT2D eigenvalue weighted by Gasteiger charge is 2.35. The van der Waals surface area contributed by atoms with Crippen LogP contribution in [0.15, 0.2) is 4.52 Å². The Bertz CT molecular complexity index is 633. The number of carboxylic acid groups (broad SMARTS) is 1. The lowest BCUT2D eigenvalue weighted by Gasteiger charge is -2.42. The van der Waals surface area contributed by atoms with Gasteiger partial charge in [-0.05, 0) is 26.3 Å². The number of carboxylic acids is 1. The van der Waals surface area contributed by atoms with E-state index in [0.29, 0.717) is 18.3 Å². The molecule has 26 heavy (non-hydrogen) atoms. The van der Waals surface area contributed by atoms with Crippen molar-refractivity contribution in [3.63, 3.8) is 0 Å². The highest BCUT2D eigenvalue weighted by Crippen LogP contribution is 2.25. The van der Waals surface area contributed by atoms with Crippen molar-refractivity contribution in [2.45, 2.75) is 71.0 Å². The Hall–Kier alpha value is -2.16. The van der Waals surface area contributed by atoms with Crippen molar-refractivity contribution in [1.82, 2.24) is 25.7 Å². The average Bonchev–Trinajstić information content (AvgIpc) is 2.98. The maximum absolute atomic E-state index is 12.1. The molecule has 0 saturated heterocycles. The first-order valence-corrected chi connectivity index (χ1v) is 8.97. The van der Waals surface area contributed by atoms with Crippen molar-refractivity contribution in [3.8, 4) is 0 Å². The third kappa shape index (κ3) is 5.17. The summed E-state index contributed by atoms with van der Waals surface area (Å²) in [5.41, 5.74) is -0.216. The van der Waals surface area contributed by atoms with Crippen molar-refractivity contribution >= 4 is 12.0 Å². The summed E-state index contributed by atoms with van der Waals surface area (Å²) in [6, 6.07) is -0.446. The molecular weight excluding hydrogens is 338 g/mol. The molecule has 1 saturated carbocycles. The fourth-order valence-electron chi connectivity index (χ4n) is 2.88. The van der Waals surface area contributed by atoms with E-state index in [4.69, 9.17) is 9.63 Å². The van der Waals surface area contributed by atoms with E-state index in [1.807, 2.05) is 32.6 Å². The number of carbonyl (C=O) groups is 2. The Kier molecular flexibility index (Phi) is 6.22. The van der Waals surface area contributed by atoms with Crippen LogP contribution < -0.4 is 10.6 Å². The Balaban J connectivity index is 1.77. The molecule has 3 N–H and O–H groups in total. The first kappa shape index (κ1) is 20.2. The first-order chi connectivity index (χ1) is 12.1. The number of aromatic nitrogens is 2. The quantitative estimate of drug-likeness (QED) is 0.670. The molecule has 9 nitrogen and oxygen atoms in total. The van der Waals surface area contributed by atoms with Crippen LogP contribution in [0.3, 0.4) is 0 Å². The number of nitrogens with one attached hydrogen (secondary N) is 2. The molecule has 1 aliphatic rings. The summed E-state index contributed by atoms with van der Waals surface area (Å²) >= 11 is 0. The van der Waals surface area contributed by atoms with E-state index in [2.05, 4.69) is 20.8 Å². The Labute approximate surface area is 153 Å². The minimum Gasteiger partial charge on any atom is -0.480 e. The van der Waals surface area contributed by atoms with Gasteiger partial charge in [-0.1, -0.05) is 32.9 Å². The zero-order valence-corrected chi connectivity index (χ0v) is 16.1. The van der Waals surface area contributed by atoms with Crippen LogP contribution in [0.4, 0.5) is 4.79 Å². The second-order valence-electron chi connectivity index (χ2n) is 7.82. The van der Waals surface area contributed by atoms with Gasteiger partial charge in [-0.3, -0.25) is 9.69 Å². The van der Waals surface area contributed by atoms with Crippen molar-refractivity contribution in [2.75, 3.05) is 13.1 Å². The second-order valence-corrected chi connectivity index (χ2v) is 7.82. The van der Waals surface area contributed by atoms with Crippen LogP contribution in [0, 0.1) is 0 Å². The van der Waals surface area contributed by atoms with E-state index >= 15 is 0 Å². The van der Waals surface area contributed by atoms with Crippen LogP contribution in [0.5, 0.6) is 0 Å². The molecule has 2 rings (SSSR count). The summed E-state index contributed by atoms with van der Waals surface area (Å²) in [6.07, 6.45) is 1.50. The Morgan fingerprint density at radius 3 is 2.54 bits per heavy atom. The molecule has 1 aromatic rings. The van der Waals surface area contributed by atoms with Crippen LogP contribution in [0.1, 0.15) is 65.2 Å². The number of rotatable bonds is 7. The van der Waals surface area contributed by atoms with Gasteiger partial charge in [0.2, 0.25) is 5.89 Å². The predicted octanol–water partition coefficient (Wildman–Crippen LogP) is 1.66. The van der Waals surface area contributed by atoms with Gasteiger partial charge >= 0.3 is 12.0 Å². The van der Waals surface area contributed by atoms with Gasteiger partial charge in [0.1, 0.15) is 6.04 Å². The summed E-state index contributed by atoms with van der Waals surface area (Å²) in [6.45, 7) is 10.4. The van der Waals surface area contributed by atoms with E-state index in [-0.39, 0.29) is 30.1 Å². The van der Waals surface area contributed by atoms with Gasteiger partial charge in [-0.2, -0.15) is 4.98 Å². The minimum atomic E-state index is -0.830. The molecular formula is C17H29N5O4. The van der Waals surface area contributed by atoms with Crippen molar-refractivity contribution in [1.29, 1.82) is 0 Å². The molecule has 0 aliphatic heterocycles. The molecule has 146 valence electrons. The van der Waals surface area contributed by atoms with E-state index in [1.165, 1.54) is 0 Å². The van der Waals surface area contributed by atoms with Crippen LogP contribution in [0.25, 0.3) is 0 Å². The van der Waals surface area contributed by atoms with Gasteiger partial charge in [0, 0.05) is 17.5 Å². The molecule has 1 unspecified atom stereocenters. The van der Waals surface area contributed by atoms with Crippen molar-refractivity contribution in [2.24, 2.45) is 0 Å². The fraction of sp³-hybridized carbons (Fsp3) is 0.765. The normalized spacial score (nSPS) is 21.2. The number of hydrogen-bond acceptors (Lipinski definition) is 6. The second kappa shape index (κ2) is 8.03. The lowest BCUT2D eigenvalue weighted by atomic mass is 9.85. The SMILES string of the molecule is CCN(CC(=O)O)C1CC(NC(=O)NC(C)c2nc(C(C)(C)C)no2)C1. The molecule has 0 spiro atoms. The summed E-state index contributed by atoms with van der Waals surface area (Å²) < 4.78 is 5.23. The summed E-state index contributed by atoms with van der Waals surface area (Å²) in [7, 11) is 0. The highest BCUT2D eigenvalue weighted by atomic mass is 16.5. The lowest BCUT2D eigenvalue weighted by Crippen LogP contribution is -2.56. The number of aliphatic carboxylic acids is 1. The summed E-state index contributed by atoms with van der Waals surface area (Å²) in [5.74, 6) is 0.140. The zero-order chi connectivity index (χ0) is 19.5. The molecule has 0 aromatic carbocycles. The first-order valence-electron chi connectivity index (χ1n) is 8.97. The van der Waals surface area contributed by atoms with E-state index < -0.39 is 12.0 Å². The Morgan fingerprint density at radius 1 is 1.38 bits per heavy atom. The van der Waals surface area contributed by atoms with Gasteiger partial charge in [0.25, 0.3) is 0 Å². The molecule has 1 aromatic heterocycles. The van der Waals surface area contributed by atoms with Gasteiger partial charge < -0.3 is 20.3 Å². The molecule has 1 aliphatic carbocycles. The van der Waals surface area contributed by atoms with Gasteiger partial charge in [0.05, 0.1) is 6.54 Å². The molecule has 1 fully saturated rings. The van der Waals surface area contributed by atoms with Crippen molar-refractivity contribution in [3.05, 3.63) is 11.7 Å². The van der Waals surface area contributed by atoms with Crippen molar-refractivity contribution < 1.29 is 19.2 Å². The van der Waals surface area contributed by atoms with Gasteiger partial charge in [0.15, 0.2) is 5.82 Å². The molecule has 0 bridgehead atoms. The van der Waals surface area contributed by atoms with Crippen LogP contribution in [-0.4, -0.2) is 57.3 Å². The molecule has 1 heterocycles. The molecule has 1 atom stereocenters. The Morgan fingerprint density at radius 2 is 2.04 bits per heavy atom. The van der Waals surface area contributed by atoms with Gasteiger partial charge in [-0.25, -0.2) is 4.79 Å². The minimum absolute atomic E-state index is 0.0321. The number of hydrogen-bond donors (Lipinski definition) is 3. The van der Waals surface area contributed by atoms with E-state index in [1.54, 1.807) is 6.92 Å². The van der Waals surface area contributed by atoms with Crippen LogP contribution >= 0.6 is 0 Å². The predicted molar refractivity (Wildman–Crippen MR) is 94.8 cm³/mol. The zero-order valence-electron chi connectivity index (χ0n) is 16.1. The summed E-state index contributed by atoms with van der Waals surface area (Å²) in [4.78, 5) is 29.2. The number of likely N-dealkylation sites (N-methyl/N-ethyl adjacent to an activating group) is 1. The van der Waals surface area contributed by atoms with E-state index in [9.17, 15) is 9.59 Å². The maximum Gasteiger partial charge on any atom is 0.317 e. The number of urea groups is 1.